The maximum atomic E-state index is 12.0. The van der Waals surface area contributed by atoms with Crippen LogP contribution in [0.25, 0.3) is 11.1 Å². The highest BCUT2D eigenvalue weighted by molar-refractivity contribution is 7.08. The number of benzene rings is 2. The molecule has 0 spiro atoms. The minimum atomic E-state index is -0.190. The van der Waals surface area contributed by atoms with Crippen LogP contribution < -0.4 is 10.6 Å². The highest BCUT2D eigenvalue weighted by atomic mass is 35.5. The second-order valence-corrected chi connectivity index (χ2v) is 6.55. The van der Waals surface area contributed by atoms with Crippen LogP contribution in [0.3, 0.4) is 0 Å². The summed E-state index contributed by atoms with van der Waals surface area (Å²) in [4.78, 5) is 12.0. The zero-order valence-corrected chi connectivity index (χ0v) is 14.5. The van der Waals surface area contributed by atoms with Gasteiger partial charge in [-0.05, 0) is 51.2 Å². The van der Waals surface area contributed by atoms with Crippen LogP contribution in [-0.4, -0.2) is 6.03 Å². The predicted molar refractivity (Wildman–Crippen MR) is 100 cm³/mol. The van der Waals surface area contributed by atoms with Crippen molar-refractivity contribution >= 4 is 29.0 Å². The maximum absolute atomic E-state index is 12.0. The van der Waals surface area contributed by atoms with E-state index in [0.29, 0.717) is 18.1 Å². The van der Waals surface area contributed by atoms with E-state index in [1.807, 2.05) is 42.5 Å². The molecule has 0 bridgehead atoms. The summed E-state index contributed by atoms with van der Waals surface area (Å²) in [6, 6.07) is 17.4. The lowest BCUT2D eigenvalue weighted by atomic mass is 10.0. The van der Waals surface area contributed by atoms with Gasteiger partial charge in [-0.15, -0.1) is 0 Å². The van der Waals surface area contributed by atoms with Gasteiger partial charge in [0.2, 0.25) is 0 Å². The number of halogens is 1. The van der Waals surface area contributed by atoms with Gasteiger partial charge in [-0.2, -0.15) is 11.3 Å². The number of hydrogen-bond donors (Lipinski definition) is 2. The largest absolute Gasteiger partial charge is 0.334 e. The van der Waals surface area contributed by atoms with Crippen molar-refractivity contribution in [2.75, 3.05) is 0 Å². The molecule has 0 aliphatic heterocycles. The van der Waals surface area contributed by atoms with E-state index in [9.17, 15) is 4.79 Å². The SMILES string of the molecule is O=C(NCc1ccc(Cl)cc1)NCc1ccccc1-c1ccsc1. The summed E-state index contributed by atoms with van der Waals surface area (Å²) in [7, 11) is 0. The normalized spacial score (nSPS) is 10.4. The van der Waals surface area contributed by atoms with Gasteiger partial charge in [0.05, 0.1) is 0 Å². The topological polar surface area (TPSA) is 41.1 Å². The number of rotatable bonds is 5. The predicted octanol–water partition coefficient (Wildman–Crippen LogP) is 5.07. The Kier molecular flexibility index (Phi) is 5.51. The number of carbonyl (C=O) groups excluding carboxylic acids is 1. The third-order valence-corrected chi connectivity index (χ3v) is 4.59. The summed E-state index contributed by atoms with van der Waals surface area (Å²) in [6.45, 7) is 0.952. The van der Waals surface area contributed by atoms with Crippen LogP contribution in [0.4, 0.5) is 4.79 Å². The Morgan fingerprint density at radius 2 is 1.71 bits per heavy atom. The summed E-state index contributed by atoms with van der Waals surface area (Å²) in [5.41, 5.74) is 4.43. The van der Waals surface area contributed by atoms with Gasteiger partial charge in [-0.1, -0.05) is 48.0 Å². The molecule has 0 saturated carbocycles. The lowest BCUT2D eigenvalue weighted by molar-refractivity contribution is 0.240. The molecule has 122 valence electrons. The van der Waals surface area contributed by atoms with Gasteiger partial charge in [0.1, 0.15) is 0 Å². The molecule has 24 heavy (non-hydrogen) atoms. The van der Waals surface area contributed by atoms with Gasteiger partial charge < -0.3 is 10.6 Å². The minimum absolute atomic E-state index is 0.190. The molecule has 0 fully saturated rings. The average molecular weight is 357 g/mol. The van der Waals surface area contributed by atoms with Gasteiger partial charge in [-0.25, -0.2) is 4.79 Å². The zero-order valence-electron chi connectivity index (χ0n) is 13.0. The third kappa shape index (κ3) is 4.37. The first-order valence-electron chi connectivity index (χ1n) is 7.59. The zero-order chi connectivity index (χ0) is 16.8. The molecule has 0 aliphatic rings. The first kappa shape index (κ1) is 16.6. The summed E-state index contributed by atoms with van der Waals surface area (Å²) in [5, 5.41) is 10.6. The fourth-order valence-electron chi connectivity index (χ4n) is 2.40. The van der Waals surface area contributed by atoms with E-state index in [0.717, 1.165) is 16.7 Å². The molecule has 2 aromatic carbocycles. The Morgan fingerprint density at radius 3 is 2.46 bits per heavy atom. The standard InChI is InChI=1S/C19H17ClN2OS/c20-17-7-5-14(6-8-17)11-21-19(23)22-12-15-3-1-2-4-18(15)16-9-10-24-13-16/h1-10,13H,11-12H2,(H2,21,22,23). The summed E-state index contributed by atoms with van der Waals surface area (Å²) < 4.78 is 0. The summed E-state index contributed by atoms with van der Waals surface area (Å²) in [6.07, 6.45) is 0. The molecule has 3 nitrogen and oxygen atoms in total. The molecule has 0 radical (unpaired) electrons. The summed E-state index contributed by atoms with van der Waals surface area (Å²) in [5.74, 6) is 0. The number of thiophene rings is 1. The maximum Gasteiger partial charge on any atom is 0.315 e. The van der Waals surface area contributed by atoms with Crippen molar-refractivity contribution in [1.82, 2.24) is 10.6 Å². The molecule has 0 aliphatic carbocycles. The molecule has 1 aromatic heterocycles. The van der Waals surface area contributed by atoms with Crippen LogP contribution in [0.5, 0.6) is 0 Å². The van der Waals surface area contributed by atoms with Crippen LogP contribution in [0, 0.1) is 0 Å². The molecular weight excluding hydrogens is 340 g/mol. The molecule has 0 saturated heterocycles. The van der Waals surface area contributed by atoms with Crippen molar-refractivity contribution in [2.45, 2.75) is 13.1 Å². The number of urea groups is 1. The van der Waals surface area contributed by atoms with E-state index in [2.05, 4.69) is 33.5 Å². The van der Waals surface area contributed by atoms with E-state index >= 15 is 0 Å². The lowest BCUT2D eigenvalue weighted by Gasteiger charge is -2.11. The monoisotopic (exact) mass is 356 g/mol. The Balaban J connectivity index is 1.56. The smallest absolute Gasteiger partial charge is 0.315 e. The molecule has 3 aromatic rings. The van der Waals surface area contributed by atoms with Gasteiger partial charge in [0.25, 0.3) is 0 Å². The average Bonchev–Trinajstić information content (AvgIpc) is 3.14. The lowest BCUT2D eigenvalue weighted by Crippen LogP contribution is -2.34. The second-order valence-electron chi connectivity index (χ2n) is 5.33. The van der Waals surface area contributed by atoms with E-state index in [4.69, 9.17) is 11.6 Å². The molecule has 0 unspecified atom stereocenters. The number of hydrogen-bond acceptors (Lipinski definition) is 2. The Hall–Kier alpha value is -2.30. The van der Waals surface area contributed by atoms with Crippen LogP contribution >= 0.6 is 22.9 Å². The van der Waals surface area contributed by atoms with E-state index in [1.54, 1.807) is 11.3 Å². The van der Waals surface area contributed by atoms with Gasteiger partial charge in [-0.3, -0.25) is 0 Å². The fraction of sp³-hybridized carbons (Fsp3) is 0.105. The molecular formula is C19H17ClN2OS. The molecule has 5 heteroatoms. The van der Waals surface area contributed by atoms with E-state index < -0.39 is 0 Å². The Bertz CT molecular complexity index is 800. The fourth-order valence-corrected chi connectivity index (χ4v) is 3.18. The first-order valence-corrected chi connectivity index (χ1v) is 8.91. The van der Waals surface area contributed by atoms with Crippen molar-refractivity contribution in [3.8, 4) is 11.1 Å². The highest BCUT2D eigenvalue weighted by Gasteiger charge is 2.06. The van der Waals surface area contributed by atoms with Crippen molar-refractivity contribution < 1.29 is 4.79 Å². The molecule has 0 atom stereocenters. The molecule has 1 heterocycles. The Labute approximate surface area is 150 Å². The number of carbonyl (C=O) groups is 1. The minimum Gasteiger partial charge on any atom is -0.334 e. The highest BCUT2D eigenvalue weighted by Crippen LogP contribution is 2.25. The number of nitrogens with one attached hydrogen (secondary N) is 2. The molecule has 2 N–H and O–H groups in total. The Morgan fingerprint density at radius 1 is 0.958 bits per heavy atom. The first-order chi connectivity index (χ1) is 11.7. The van der Waals surface area contributed by atoms with E-state index in [-0.39, 0.29) is 6.03 Å². The van der Waals surface area contributed by atoms with E-state index in [1.165, 1.54) is 5.56 Å². The van der Waals surface area contributed by atoms with Gasteiger partial charge in [0.15, 0.2) is 0 Å². The van der Waals surface area contributed by atoms with Crippen LogP contribution in [-0.2, 0) is 13.1 Å². The van der Waals surface area contributed by atoms with Crippen LogP contribution in [0.15, 0.2) is 65.4 Å². The van der Waals surface area contributed by atoms with Crippen molar-refractivity contribution in [1.29, 1.82) is 0 Å². The quantitative estimate of drug-likeness (QED) is 0.658. The van der Waals surface area contributed by atoms with Crippen molar-refractivity contribution in [3.63, 3.8) is 0 Å². The number of amides is 2. The van der Waals surface area contributed by atoms with Crippen LogP contribution in [0.2, 0.25) is 5.02 Å². The molecule has 2 amide bonds. The third-order valence-electron chi connectivity index (χ3n) is 3.66. The van der Waals surface area contributed by atoms with Gasteiger partial charge >= 0.3 is 6.03 Å². The second kappa shape index (κ2) is 7.99. The van der Waals surface area contributed by atoms with Crippen LogP contribution in [0.1, 0.15) is 11.1 Å². The van der Waals surface area contributed by atoms with Gasteiger partial charge in [0, 0.05) is 18.1 Å². The summed E-state index contributed by atoms with van der Waals surface area (Å²) >= 11 is 7.52. The van der Waals surface area contributed by atoms with Crippen molar-refractivity contribution in [3.05, 3.63) is 81.5 Å². The van der Waals surface area contributed by atoms with Crippen molar-refractivity contribution in [2.24, 2.45) is 0 Å². The molecule has 3 rings (SSSR count).